The zero-order valence-electron chi connectivity index (χ0n) is 10.9. The van der Waals surface area contributed by atoms with Crippen molar-refractivity contribution in [3.05, 3.63) is 35.6 Å². The van der Waals surface area contributed by atoms with E-state index >= 15 is 0 Å². The number of hydrogen-bond acceptors (Lipinski definition) is 3. The fourth-order valence-electron chi connectivity index (χ4n) is 1.79. The molecule has 0 fully saturated rings. The van der Waals surface area contributed by atoms with Gasteiger partial charge in [-0.1, -0.05) is 19.4 Å². The van der Waals surface area contributed by atoms with E-state index in [0.717, 1.165) is 12.8 Å². The lowest BCUT2D eigenvalue weighted by Gasteiger charge is -2.10. The number of halogens is 1. The molecule has 102 valence electrons. The SMILES string of the molecule is CCCCOC1=NN(C(=O)c2cccc(F)c2)CC1. The largest absolute Gasteiger partial charge is 0.480 e. The third-order valence-corrected chi connectivity index (χ3v) is 2.84. The number of unbranched alkanes of at least 4 members (excludes halogenated alkanes) is 1. The smallest absolute Gasteiger partial charge is 0.274 e. The average molecular weight is 264 g/mol. The molecule has 1 aliphatic rings. The number of nitrogens with zero attached hydrogens (tertiary/aromatic N) is 2. The van der Waals surface area contributed by atoms with Gasteiger partial charge in [0.25, 0.3) is 5.91 Å². The monoisotopic (exact) mass is 264 g/mol. The van der Waals surface area contributed by atoms with Gasteiger partial charge in [0.1, 0.15) is 5.82 Å². The lowest BCUT2D eigenvalue weighted by atomic mass is 10.2. The minimum Gasteiger partial charge on any atom is -0.480 e. The highest BCUT2D eigenvalue weighted by Crippen LogP contribution is 2.13. The maximum atomic E-state index is 13.1. The van der Waals surface area contributed by atoms with Crippen molar-refractivity contribution in [3.8, 4) is 0 Å². The summed E-state index contributed by atoms with van der Waals surface area (Å²) in [6.07, 6.45) is 2.64. The summed E-state index contributed by atoms with van der Waals surface area (Å²) in [5.74, 6) is -0.139. The van der Waals surface area contributed by atoms with Crippen molar-refractivity contribution in [1.82, 2.24) is 5.01 Å². The van der Waals surface area contributed by atoms with E-state index < -0.39 is 5.82 Å². The van der Waals surface area contributed by atoms with E-state index in [4.69, 9.17) is 4.74 Å². The van der Waals surface area contributed by atoms with Crippen molar-refractivity contribution < 1.29 is 13.9 Å². The van der Waals surface area contributed by atoms with Gasteiger partial charge in [-0.25, -0.2) is 9.40 Å². The summed E-state index contributed by atoms with van der Waals surface area (Å²) in [6.45, 7) is 3.19. The molecule has 0 saturated heterocycles. The summed E-state index contributed by atoms with van der Waals surface area (Å²) in [5.41, 5.74) is 0.304. The summed E-state index contributed by atoms with van der Waals surface area (Å²) < 4.78 is 18.5. The molecule has 1 heterocycles. The Morgan fingerprint density at radius 3 is 3.11 bits per heavy atom. The number of hydrazone groups is 1. The van der Waals surface area contributed by atoms with E-state index in [-0.39, 0.29) is 5.91 Å². The van der Waals surface area contributed by atoms with Crippen LogP contribution in [0.5, 0.6) is 0 Å². The summed E-state index contributed by atoms with van der Waals surface area (Å²) in [5, 5.41) is 5.45. The highest BCUT2D eigenvalue weighted by Gasteiger charge is 2.22. The molecule has 5 heteroatoms. The third-order valence-electron chi connectivity index (χ3n) is 2.84. The number of benzene rings is 1. The molecule has 1 amide bonds. The number of amides is 1. The van der Waals surface area contributed by atoms with Crippen molar-refractivity contribution in [3.63, 3.8) is 0 Å². The van der Waals surface area contributed by atoms with Gasteiger partial charge in [0.05, 0.1) is 13.2 Å². The van der Waals surface area contributed by atoms with Gasteiger partial charge in [-0.15, -0.1) is 5.10 Å². The van der Waals surface area contributed by atoms with Crippen LogP contribution in [0.25, 0.3) is 0 Å². The van der Waals surface area contributed by atoms with E-state index in [9.17, 15) is 9.18 Å². The quantitative estimate of drug-likeness (QED) is 0.785. The normalized spacial score (nSPS) is 14.4. The van der Waals surface area contributed by atoms with Crippen molar-refractivity contribution in [1.29, 1.82) is 0 Å². The maximum absolute atomic E-state index is 13.1. The zero-order chi connectivity index (χ0) is 13.7. The second-order valence-corrected chi connectivity index (χ2v) is 4.38. The Morgan fingerprint density at radius 2 is 2.37 bits per heavy atom. The van der Waals surface area contributed by atoms with Crippen LogP contribution in [-0.2, 0) is 4.74 Å². The molecule has 0 saturated carbocycles. The molecule has 2 rings (SSSR count). The molecule has 0 bridgehead atoms. The van der Waals surface area contributed by atoms with Crippen LogP contribution < -0.4 is 0 Å². The van der Waals surface area contributed by atoms with Crippen LogP contribution in [0.3, 0.4) is 0 Å². The molecule has 1 aromatic rings. The van der Waals surface area contributed by atoms with Crippen molar-refractivity contribution in [2.45, 2.75) is 26.2 Å². The van der Waals surface area contributed by atoms with Crippen molar-refractivity contribution in [2.24, 2.45) is 5.10 Å². The van der Waals surface area contributed by atoms with Crippen LogP contribution in [0.15, 0.2) is 29.4 Å². The van der Waals surface area contributed by atoms with Crippen molar-refractivity contribution in [2.75, 3.05) is 13.2 Å². The fourth-order valence-corrected chi connectivity index (χ4v) is 1.79. The van der Waals surface area contributed by atoms with E-state index in [2.05, 4.69) is 12.0 Å². The Labute approximate surface area is 111 Å². The summed E-state index contributed by atoms with van der Waals surface area (Å²) >= 11 is 0. The molecule has 0 aliphatic carbocycles. The van der Waals surface area contributed by atoms with Crippen LogP contribution in [0.4, 0.5) is 4.39 Å². The first kappa shape index (κ1) is 13.5. The van der Waals surface area contributed by atoms with Gasteiger partial charge in [-0.2, -0.15) is 0 Å². The van der Waals surface area contributed by atoms with Gasteiger partial charge in [-0.05, 0) is 24.6 Å². The van der Waals surface area contributed by atoms with Gasteiger partial charge in [0.15, 0.2) is 0 Å². The Bertz CT molecular complexity index is 488. The molecule has 19 heavy (non-hydrogen) atoms. The molecular weight excluding hydrogens is 247 g/mol. The molecule has 0 atom stereocenters. The number of ether oxygens (including phenoxy) is 1. The first-order valence-electron chi connectivity index (χ1n) is 6.48. The number of hydrogen-bond donors (Lipinski definition) is 0. The van der Waals surface area contributed by atoms with Gasteiger partial charge >= 0.3 is 0 Å². The van der Waals surface area contributed by atoms with E-state index in [1.807, 2.05) is 0 Å². The maximum Gasteiger partial charge on any atom is 0.274 e. The third kappa shape index (κ3) is 3.53. The molecule has 0 spiro atoms. The average Bonchev–Trinajstić information content (AvgIpc) is 2.87. The predicted octanol–water partition coefficient (Wildman–Crippen LogP) is 2.80. The molecule has 1 aromatic carbocycles. The van der Waals surface area contributed by atoms with Gasteiger partial charge in [0.2, 0.25) is 5.90 Å². The summed E-state index contributed by atoms with van der Waals surface area (Å²) in [6, 6.07) is 5.62. The van der Waals surface area contributed by atoms with Crippen LogP contribution >= 0.6 is 0 Å². The van der Waals surface area contributed by atoms with Gasteiger partial charge in [0, 0.05) is 12.0 Å². The minimum absolute atomic E-state index is 0.298. The first-order chi connectivity index (χ1) is 9.20. The minimum atomic E-state index is -0.423. The molecular formula is C14H17FN2O2. The molecule has 4 nitrogen and oxygen atoms in total. The van der Waals surface area contributed by atoms with Crippen LogP contribution in [0.2, 0.25) is 0 Å². The van der Waals surface area contributed by atoms with Gasteiger partial charge < -0.3 is 4.74 Å². The summed E-state index contributed by atoms with van der Waals surface area (Å²) in [7, 11) is 0. The molecule has 0 unspecified atom stereocenters. The molecule has 0 N–H and O–H groups in total. The number of carbonyl (C=O) groups excluding carboxylic acids is 1. The van der Waals surface area contributed by atoms with Crippen LogP contribution in [0, 0.1) is 5.82 Å². The molecule has 0 aromatic heterocycles. The van der Waals surface area contributed by atoms with Crippen LogP contribution in [-0.4, -0.2) is 30.0 Å². The van der Waals surface area contributed by atoms with E-state index in [0.29, 0.717) is 31.0 Å². The highest BCUT2D eigenvalue weighted by molar-refractivity contribution is 5.96. The molecule has 0 radical (unpaired) electrons. The van der Waals surface area contributed by atoms with Crippen molar-refractivity contribution >= 4 is 11.8 Å². The second kappa shape index (κ2) is 6.31. The standard InChI is InChI=1S/C14H17FN2O2/c1-2-3-9-19-13-7-8-17(16-13)14(18)11-5-4-6-12(15)10-11/h4-6,10H,2-3,7-9H2,1H3. The van der Waals surface area contributed by atoms with E-state index in [1.165, 1.54) is 23.2 Å². The predicted molar refractivity (Wildman–Crippen MR) is 70.3 cm³/mol. The number of rotatable bonds is 4. The Kier molecular flexibility index (Phi) is 4.49. The second-order valence-electron chi connectivity index (χ2n) is 4.38. The zero-order valence-corrected chi connectivity index (χ0v) is 10.9. The van der Waals surface area contributed by atoms with E-state index in [1.54, 1.807) is 6.07 Å². The lowest BCUT2D eigenvalue weighted by molar-refractivity contribution is 0.0776. The Morgan fingerprint density at radius 1 is 1.53 bits per heavy atom. The highest BCUT2D eigenvalue weighted by atomic mass is 19.1. The Hall–Kier alpha value is -1.91. The number of carbonyl (C=O) groups is 1. The summed E-state index contributed by atoms with van der Waals surface area (Å²) in [4.78, 5) is 12.1. The first-order valence-corrected chi connectivity index (χ1v) is 6.48. The Balaban J connectivity index is 1.97. The van der Waals surface area contributed by atoms with Gasteiger partial charge in [-0.3, -0.25) is 4.79 Å². The topological polar surface area (TPSA) is 41.9 Å². The molecule has 1 aliphatic heterocycles. The lowest BCUT2D eigenvalue weighted by Crippen LogP contribution is -2.23. The van der Waals surface area contributed by atoms with Crippen LogP contribution in [0.1, 0.15) is 36.5 Å². The fraction of sp³-hybridized carbons (Fsp3) is 0.429.